The van der Waals surface area contributed by atoms with Crippen LogP contribution >= 0.6 is 11.6 Å². The molecule has 0 atom stereocenters. The summed E-state index contributed by atoms with van der Waals surface area (Å²) in [6.07, 6.45) is 0.956. The molecule has 0 saturated carbocycles. The van der Waals surface area contributed by atoms with Crippen LogP contribution < -0.4 is 5.69 Å². The molecule has 0 spiro atoms. The minimum atomic E-state index is -3.53. The van der Waals surface area contributed by atoms with Gasteiger partial charge in [-0.15, -0.1) is 0 Å². The summed E-state index contributed by atoms with van der Waals surface area (Å²) in [6.45, 7) is 1.63. The van der Waals surface area contributed by atoms with Gasteiger partial charge in [0.25, 0.3) is 10.1 Å². The fourth-order valence-corrected chi connectivity index (χ4v) is 2.37. The van der Waals surface area contributed by atoms with Crippen LogP contribution in [-0.2, 0) is 20.8 Å². The van der Waals surface area contributed by atoms with E-state index in [1.807, 2.05) is 0 Å². The summed E-state index contributed by atoms with van der Waals surface area (Å²) in [6, 6.07) is 6.73. The van der Waals surface area contributed by atoms with Crippen molar-refractivity contribution in [1.29, 1.82) is 0 Å². The van der Waals surface area contributed by atoms with E-state index in [2.05, 4.69) is 9.28 Å². The first-order valence-electron chi connectivity index (χ1n) is 6.05. The first kappa shape index (κ1) is 15.7. The van der Waals surface area contributed by atoms with Crippen LogP contribution in [0.4, 0.5) is 0 Å². The van der Waals surface area contributed by atoms with Gasteiger partial charge in [-0.2, -0.15) is 18.2 Å². The molecule has 0 radical (unpaired) electrons. The van der Waals surface area contributed by atoms with Crippen molar-refractivity contribution in [3.63, 3.8) is 0 Å². The lowest BCUT2D eigenvalue weighted by molar-refractivity contribution is 0.300. The summed E-state index contributed by atoms with van der Waals surface area (Å²) in [7, 11) is -3.53. The normalized spacial score (nSPS) is 11.8. The van der Waals surface area contributed by atoms with Crippen LogP contribution in [0.25, 0.3) is 5.69 Å². The monoisotopic (exact) mass is 331 g/mol. The first-order chi connectivity index (χ1) is 9.78. The molecule has 0 aliphatic carbocycles. The molecule has 9 heteroatoms. The zero-order valence-electron chi connectivity index (χ0n) is 11.5. The Morgan fingerprint density at radius 2 is 2.10 bits per heavy atom. The van der Waals surface area contributed by atoms with Crippen molar-refractivity contribution in [3.05, 3.63) is 45.6 Å². The third-order valence-corrected chi connectivity index (χ3v) is 3.54. The van der Waals surface area contributed by atoms with Crippen LogP contribution in [0.5, 0.6) is 0 Å². The molecule has 0 fully saturated rings. The van der Waals surface area contributed by atoms with Crippen LogP contribution in [0.3, 0.4) is 0 Å². The number of nitrogens with zero attached hydrogens (tertiary/aromatic N) is 3. The standard InChI is InChI=1S/C12H14ClN3O4S/c1-9-14-16(11-5-3-4-10(13)8-11)12(17)15(9)6-7-20-21(2,18)19/h3-5,8H,6-7H2,1-2H3. The summed E-state index contributed by atoms with van der Waals surface area (Å²) in [5.74, 6) is 0.456. The third-order valence-electron chi connectivity index (χ3n) is 2.71. The van der Waals surface area contributed by atoms with E-state index in [9.17, 15) is 13.2 Å². The van der Waals surface area contributed by atoms with E-state index in [1.54, 1.807) is 31.2 Å². The van der Waals surface area contributed by atoms with Gasteiger partial charge in [0.1, 0.15) is 5.82 Å². The number of hydrogen-bond donors (Lipinski definition) is 0. The van der Waals surface area contributed by atoms with E-state index in [4.69, 9.17) is 11.6 Å². The van der Waals surface area contributed by atoms with Gasteiger partial charge in [-0.3, -0.25) is 8.75 Å². The third kappa shape index (κ3) is 3.93. The van der Waals surface area contributed by atoms with E-state index in [1.165, 1.54) is 9.25 Å². The molecule has 0 unspecified atom stereocenters. The highest BCUT2D eigenvalue weighted by Gasteiger charge is 2.12. The van der Waals surface area contributed by atoms with Gasteiger partial charge >= 0.3 is 5.69 Å². The Labute approximate surface area is 126 Å². The molecule has 0 saturated heterocycles. The zero-order valence-corrected chi connectivity index (χ0v) is 13.1. The van der Waals surface area contributed by atoms with Gasteiger partial charge in [-0.1, -0.05) is 17.7 Å². The Morgan fingerprint density at radius 1 is 1.38 bits per heavy atom. The lowest BCUT2D eigenvalue weighted by atomic mass is 10.3. The Hall–Kier alpha value is -1.64. The molecule has 1 aromatic carbocycles. The predicted octanol–water partition coefficient (Wildman–Crippen LogP) is 0.972. The van der Waals surface area contributed by atoms with Gasteiger partial charge in [-0.25, -0.2) is 4.79 Å². The van der Waals surface area contributed by atoms with Gasteiger partial charge in [-0.05, 0) is 25.1 Å². The van der Waals surface area contributed by atoms with Crippen molar-refractivity contribution < 1.29 is 12.6 Å². The maximum absolute atomic E-state index is 12.3. The average molecular weight is 332 g/mol. The highest BCUT2D eigenvalue weighted by Crippen LogP contribution is 2.12. The molecular formula is C12H14ClN3O4S. The van der Waals surface area contributed by atoms with E-state index in [0.29, 0.717) is 16.5 Å². The second-order valence-corrected chi connectivity index (χ2v) is 6.48. The summed E-state index contributed by atoms with van der Waals surface area (Å²) in [5, 5.41) is 4.63. The summed E-state index contributed by atoms with van der Waals surface area (Å²) in [5.41, 5.74) is 0.158. The van der Waals surface area contributed by atoms with Gasteiger partial charge in [0.05, 0.1) is 25.1 Å². The Bertz CT molecular complexity index is 810. The first-order valence-corrected chi connectivity index (χ1v) is 8.24. The lowest BCUT2D eigenvalue weighted by Crippen LogP contribution is -2.26. The molecule has 0 aliphatic rings. The number of aromatic nitrogens is 3. The molecule has 1 heterocycles. The van der Waals surface area contributed by atoms with Crippen molar-refractivity contribution in [2.24, 2.45) is 0 Å². The van der Waals surface area contributed by atoms with E-state index < -0.39 is 10.1 Å². The minimum absolute atomic E-state index is 0.0955. The number of rotatable bonds is 5. The lowest BCUT2D eigenvalue weighted by Gasteiger charge is -2.02. The quantitative estimate of drug-likeness (QED) is 0.762. The molecule has 2 aromatic rings. The van der Waals surface area contributed by atoms with Crippen molar-refractivity contribution >= 4 is 21.7 Å². The SMILES string of the molecule is Cc1nn(-c2cccc(Cl)c2)c(=O)n1CCOS(C)(=O)=O. The van der Waals surface area contributed by atoms with Crippen LogP contribution in [0.1, 0.15) is 5.82 Å². The molecular weight excluding hydrogens is 318 g/mol. The highest BCUT2D eigenvalue weighted by atomic mass is 35.5. The van der Waals surface area contributed by atoms with Crippen molar-refractivity contribution in [2.45, 2.75) is 13.5 Å². The predicted molar refractivity (Wildman–Crippen MR) is 78.4 cm³/mol. The molecule has 0 N–H and O–H groups in total. The maximum atomic E-state index is 12.3. The molecule has 7 nitrogen and oxygen atoms in total. The highest BCUT2D eigenvalue weighted by molar-refractivity contribution is 7.85. The molecule has 114 valence electrons. The number of benzene rings is 1. The van der Waals surface area contributed by atoms with E-state index in [-0.39, 0.29) is 18.8 Å². The van der Waals surface area contributed by atoms with Gasteiger partial charge in [0.2, 0.25) is 0 Å². The van der Waals surface area contributed by atoms with Crippen LogP contribution in [0, 0.1) is 6.92 Å². The smallest absolute Gasteiger partial charge is 0.276 e. The van der Waals surface area contributed by atoms with E-state index in [0.717, 1.165) is 6.26 Å². The van der Waals surface area contributed by atoms with Gasteiger partial charge in [0, 0.05) is 5.02 Å². The molecule has 0 aliphatic heterocycles. The maximum Gasteiger partial charge on any atom is 0.350 e. The molecule has 1 aromatic heterocycles. The molecule has 2 rings (SSSR count). The second-order valence-electron chi connectivity index (χ2n) is 4.40. The Morgan fingerprint density at radius 3 is 2.71 bits per heavy atom. The van der Waals surface area contributed by atoms with Gasteiger partial charge in [0.15, 0.2) is 0 Å². The topological polar surface area (TPSA) is 83.2 Å². The largest absolute Gasteiger partial charge is 0.350 e. The van der Waals surface area contributed by atoms with Crippen molar-refractivity contribution in [1.82, 2.24) is 14.3 Å². The Kier molecular flexibility index (Phi) is 4.50. The number of hydrogen-bond acceptors (Lipinski definition) is 5. The van der Waals surface area contributed by atoms with Gasteiger partial charge < -0.3 is 0 Å². The van der Waals surface area contributed by atoms with E-state index >= 15 is 0 Å². The van der Waals surface area contributed by atoms with Crippen molar-refractivity contribution in [3.8, 4) is 5.69 Å². The van der Waals surface area contributed by atoms with Crippen LogP contribution in [0.2, 0.25) is 5.02 Å². The molecule has 0 amide bonds. The Balaban J connectivity index is 2.28. The van der Waals surface area contributed by atoms with Crippen LogP contribution in [-0.4, -0.2) is 35.6 Å². The fraction of sp³-hybridized carbons (Fsp3) is 0.333. The van der Waals surface area contributed by atoms with Crippen LogP contribution in [0.15, 0.2) is 29.1 Å². The van der Waals surface area contributed by atoms with Crippen molar-refractivity contribution in [2.75, 3.05) is 12.9 Å². The fourth-order valence-electron chi connectivity index (χ4n) is 1.81. The average Bonchev–Trinajstić information content (AvgIpc) is 2.65. The minimum Gasteiger partial charge on any atom is -0.276 e. The zero-order chi connectivity index (χ0) is 15.6. The number of aryl methyl sites for hydroxylation is 1. The number of halogens is 1. The summed E-state index contributed by atoms with van der Waals surface area (Å²) < 4.78 is 29.0. The summed E-state index contributed by atoms with van der Waals surface area (Å²) >= 11 is 5.89. The summed E-state index contributed by atoms with van der Waals surface area (Å²) in [4.78, 5) is 12.3. The molecule has 0 bridgehead atoms. The molecule has 21 heavy (non-hydrogen) atoms. The second kappa shape index (κ2) is 6.00.